The molecule has 2 saturated heterocycles. The van der Waals surface area contributed by atoms with Crippen LogP contribution >= 0.6 is 0 Å². The summed E-state index contributed by atoms with van der Waals surface area (Å²) in [5.74, 6) is -1.11. The molecule has 178 valence electrons. The molecule has 0 unspecified atom stereocenters. The zero-order chi connectivity index (χ0) is 23.5. The first-order valence-corrected chi connectivity index (χ1v) is 11.9. The highest BCUT2D eigenvalue weighted by molar-refractivity contribution is 6.36. The monoisotopic (exact) mass is 464 g/mol. The molecule has 0 bridgehead atoms. The van der Waals surface area contributed by atoms with E-state index < -0.39 is 5.82 Å². The van der Waals surface area contributed by atoms with Crippen molar-refractivity contribution in [1.29, 1.82) is 0 Å². The first-order chi connectivity index (χ1) is 16.6. The molecule has 3 heterocycles. The highest BCUT2D eigenvalue weighted by Crippen LogP contribution is 2.31. The Labute approximate surface area is 198 Å². The molecular weight excluding hydrogens is 435 g/mol. The van der Waals surface area contributed by atoms with Crippen molar-refractivity contribution < 1.29 is 18.7 Å². The number of rotatable bonds is 7. The first kappa shape index (κ1) is 22.6. The van der Waals surface area contributed by atoms with E-state index in [2.05, 4.69) is 15.1 Å². The van der Waals surface area contributed by atoms with Crippen molar-refractivity contribution in [3.05, 3.63) is 65.6 Å². The lowest BCUT2D eigenvalue weighted by molar-refractivity contribution is -0.137. The predicted octanol–water partition coefficient (Wildman–Crippen LogP) is 2.95. The van der Waals surface area contributed by atoms with Crippen molar-refractivity contribution in [2.45, 2.75) is 12.8 Å². The van der Waals surface area contributed by atoms with Gasteiger partial charge in [0.25, 0.3) is 11.8 Å². The van der Waals surface area contributed by atoms with Crippen molar-refractivity contribution in [1.82, 2.24) is 9.80 Å². The first-order valence-electron chi connectivity index (χ1n) is 11.9. The van der Waals surface area contributed by atoms with Crippen LogP contribution in [0.4, 0.5) is 15.8 Å². The van der Waals surface area contributed by atoms with E-state index in [1.165, 1.54) is 29.9 Å². The van der Waals surface area contributed by atoms with E-state index in [1.54, 1.807) is 12.1 Å². The van der Waals surface area contributed by atoms with Gasteiger partial charge in [-0.25, -0.2) is 4.39 Å². The van der Waals surface area contributed by atoms with Crippen LogP contribution in [0, 0.1) is 5.82 Å². The van der Waals surface area contributed by atoms with Crippen LogP contribution in [0.3, 0.4) is 0 Å². The standard InChI is InChI=1S/C26H29FN4O3/c27-20-5-3-19(4-6-20)23-24(28-21-7-9-22(10-8-21)30-11-1-2-12-30)26(33)31(25(23)32)14-13-29-15-17-34-18-16-29/h3-10,28H,1-2,11-18H2. The van der Waals surface area contributed by atoms with E-state index in [0.717, 1.165) is 37.6 Å². The van der Waals surface area contributed by atoms with Gasteiger partial charge in [0.05, 0.1) is 18.8 Å². The van der Waals surface area contributed by atoms with Crippen LogP contribution in [-0.4, -0.2) is 74.1 Å². The van der Waals surface area contributed by atoms with Gasteiger partial charge in [-0.05, 0) is 54.8 Å². The Hall–Kier alpha value is -3.23. The number of anilines is 2. The van der Waals surface area contributed by atoms with Crippen molar-refractivity contribution in [2.75, 3.05) is 62.7 Å². The van der Waals surface area contributed by atoms with E-state index in [4.69, 9.17) is 4.74 Å². The number of nitrogens with one attached hydrogen (secondary N) is 1. The van der Waals surface area contributed by atoms with Crippen molar-refractivity contribution >= 4 is 28.8 Å². The zero-order valence-corrected chi connectivity index (χ0v) is 19.1. The predicted molar refractivity (Wildman–Crippen MR) is 129 cm³/mol. The molecule has 0 saturated carbocycles. The van der Waals surface area contributed by atoms with Crippen LogP contribution in [0.15, 0.2) is 54.2 Å². The van der Waals surface area contributed by atoms with Crippen molar-refractivity contribution in [2.24, 2.45) is 0 Å². The van der Waals surface area contributed by atoms with Crippen LogP contribution in [0.5, 0.6) is 0 Å². The van der Waals surface area contributed by atoms with E-state index in [1.807, 2.05) is 24.3 Å². The van der Waals surface area contributed by atoms with Crippen molar-refractivity contribution in [3.8, 4) is 0 Å². The van der Waals surface area contributed by atoms with Crippen LogP contribution in [0.25, 0.3) is 5.57 Å². The molecule has 3 aliphatic rings. The van der Waals surface area contributed by atoms with Gasteiger partial charge >= 0.3 is 0 Å². The number of hydrogen-bond acceptors (Lipinski definition) is 6. The molecule has 2 aromatic rings. The van der Waals surface area contributed by atoms with Crippen LogP contribution in [0.2, 0.25) is 0 Å². The highest BCUT2D eigenvalue weighted by atomic mass is 19.1. The minimum atomic E-state index is -0.391. The minimum absolute atomic E-state index is 0.229. The third kappa shape index (κ3) is 4.69. The van der Waals surface area contributed by atoms with Crippen molar-refractivity contribution in [3.63, 3.8) is 0 Å². The third-order valence-corrected chi connectivity index (χ3v) is 6.65. The van der Waals surface area contributed by atoms with Gasteiger partial charge in [-0.15, -0.1) is 0 Å². The summed E-state index contributed by atoms with van der Waals surface area (Å²) in [5, 5.41) is 3.19. The topological polar surface area (TPSA) is 65.1 Å². The average molecular weight is 465 g/mol. The summed E-state index contributed by atoms with van der Waals surface area (Å²) in [4.78, 5) is 32.6. The number of halogens is 1. The maximum absolute atomic E-state index is 13.5. The van der Waals surface area contributed by atoms with Gasteiger partial charge in [0, 0.05) is 50.6 Å². The van der Waals surface area contributed by atoms with Crippen LogP contribution in [-0.2, 0) is 14.3 Å². The molecular formula is C26H29FN4O3. The van der Waals surface area contributed by atoms with Gasteiger partial charge in [-0.1, -0.05) is 12.1 Å². The zero-order valence-electron chi connectivity index (χ0n) is 19.1. The fourth-order valence-electron chi connectivity index (χ4n) is 4.72. The number of benzene rings is 2. The van der Waals surface area contributed by atoms with E-state index in [-0.39, 0.29) is 23.1 Å². The molecule has 0 radical (unpaired) electrons. The van der Waals surface area contributed by atoms with Gasteiger partial charge < -0.3 is 15.0 Å². The van der Waals surface area contributed by atoms with Gasteiger partial charge in [-0.3, -0.25) is 19.4 Å². The number of morpholine rings is 1. The average Bonchev–Trinajstić information content (AvgIpc) is 3.48. The molecule has 2 aromatic carbocycles. The Kier molecular flexibility index (Phi) is 6.60. The molecule has 7 nitrogen and oxygen atoms in total. The molecule has 5 rings (SSSR count). The lowest BCUT2D eigenvalue weighted by Crippen LogP contribution is -2.43. The smallest absolute Gasteiger partial charge is 0.278 e. The number of nitrogens with zero attached hydrogens (tertiary/aromatic N) is 3. The number of amides is 2. The molecule has 2 amide bonds. The Morgan fingerprint density at radius 3 is 2.18 bits per heavy atom. The summed E-state index contributed by atoms with van der Waals surface area (Å²) < 4.78 is 18.9. The highest BCUT2D eigenvalue weighted by Gasteiger charge is 2.39. The molecule has 34 heavy (non-hydrogen) atoms. The molecule has 0 spiro atoms. The van der Waals surface area contributed by atoms with Gasteiger partial charge in [0.2, 0.25) is 0 Å². The molecule has 0 aliphatic carbocycles. The summed E-state index contributed by atoms with van der Waals surface area (Å²) in [6.45, 7) is 5.86. The molecule has 8 heteroatoms. The second-order valence-corrected chi connectivity index (χ2v) is 8.84. The summed E-state index contributed by atoms with van der Waals surface area (Å²) in [5.41, 5.74) is 2.90. The second-order valence-electron chi connectivity index (χ2n) is 8.84. The van der Waals surface area contributed by atoms with Gasteiger partial charge in [0.1, 0.15) is 11.5 Å². The SMILES string of the molecule is O=C1C(Nc2ccc(N3CCCC3)cc2)=C(c2ccc(F)cc2)C(=O)N1CCN1CCOCC1. The second kappa shape index (κ2) is 9.95. The summed E-state index contributed by atoms with van der Waals surface area (Å²) >= 11 is 0. The number of carbonyl (C=O) groups excluding carboxylic acids is 2. The van der Waals surface area contributed by atoms with E-state index in [0.29, 0.717) is 31.9 Å². The lowest BCUT2D eigenvalue weighted by atomic mass is 10.0. The number of imide groups is 1. The maximum Gasteiger partial charge on any atom is 0.278 e. The number of hydrogen-bond donors (Lipinski definition) is 1. The Morgan fingerprint density at radius 2 is 1.50 bits per heavy atom. The molecule has 3 aliphatic heterocycles. The Balaban J connectivity index is 1.39. The molecule has 0 aromatic heterocycles. The van der Waals surface area contributed by atoms with Gasteiger partial charge in [-0.2, -0.15) is 0 Å². The third-order valence-electron chi connectivity index (χ3n) is 6.65. The lowest BCUT2D eigenvalue weighted by Gasteiger charge is -2.28. The molecule has 2 fully saturated rings. The fraction of sp³-hybridized carbons (Fsp3) is 0.385. The Bertz CT molecular complexity index is 1070. The summed E-state index contributed by atoms with van der Waals surface area (Å²) in [6, 6.07) is 13.6. The van der Waals surface area contributed by atoms with Crippen LogP contribution in [0.1, 0.15) is 18.4 Å². The largest absolute Gasteiger partial charge is 0.379 e. The molecule has 0 atom stereocenters. The quantitative estimate of drug-likeness (QED) is 0.636. The normalized spacial score (nSPS) is 19.4. The maximum atomic E-state index is 13.5. The fourth-order valence-corrected chi connectivity index (χ4v) is 4.72. The van der Waals surface area contributed by atoms with E-state index in [9.17, 15) is 14.0 Å². The molecule has 1 N–H and O–H groups in total. The Morgan fingerprint density at radius 1 is 0.824 bits per heavy atom. The number of carbonyl (C=O) groups is 2. The summed E-state index contributed by atoms with van der Waals surface area (Å²) in [6.07, 6.45) is 2.40. The van der Waals surface area contributed by atoms with Gasteiger partial charge in [0.15, 0.2) is 0 Å². The number of ether oxygens (including phenoxy) is 1. The van der Waals surface area contributed by atoms with Crippen LogP contribution < -0.4 is 10.2 Å². The summed E-state index contributed by atoms with van der Waals surface area (Å²) in [7, 11) is 0. The minimum Gasteiger partial charge on any atom is -0.379 e. The van der Waals surface area contributed by atoms with E-state index >= 15 is 0 Å².